The summed E-state index contributed by atoms with van der Waals surface area (Å²) in [5, 5.41) is 15.6. The second-order valence-corrected chi connectivity index (χ2v) is 14.5. The van der Waals surface area contributed by atoms with E-state index >= 15 is 0 Å². The molecule has 0 bridgehead atoms. The molecule has 4 aromatic heterocycles. The van der Waals surface area contributed by atoms with Crippen molar-refractivity contribution in [1.82, 2.24) is 18.9 Å². The van der Waals surface area contributed by atoms with E-state index in [1.165, 1.54) is 75.8 Å². The molecule has 0 saturated heterocycles. The zero-order valence-corrected chi connectivity index (χ0v) is 29.0. The summed E-state index contributed by atoms with van der Waals surface area (Å²) in [5.41, 5.74) is 8.81. The molecular weight excluding hydrogens is 657 g/mol. The van der Waals surface area contributed by atoms with Crippen LogP contribution in [-0.2, 0) is 0 Å². The molecule has 54 heavy (non-hydrogen) atoms. The molecule has 0 aliphatic heterocycles. The van der Waals surface area contributed by atoms with Gasteiger partial charge in [0, 0.05) is 43.3 Å². The van der Waals surface area contributed by atoms with Crippen molar-refractivity contribution in [3.05, 3.63) is 170 Å². The van der Waals surface area contributed by atoms with E-state index in [4.69, 9.17) is 9.97 Å². The van der Waals surface area contributed by atoms with Gasteiger partial charge in [-0.1, -0.05) is 133 Å². The zero-order chi connectivity index (χ0) is 35.1. The normalized spacial score (nSPS) is 12.4. The lowest BCUT2D eigenvalue weighted by Crippen LogP contribution is -2.04. The Morgan fingerprint density at radius 2 is 0.963 bits per heavy atom. The summed E-state index contributed by atoms with van der Waals surface area (Å²) >= 11 is 0. The summed E-state index contributed by atoms with van der Waals surface area (Å²) in [4.78, 5) is 11.2. The van der Waals surface area contributed by atoms with Crippen LogP contribution < -0.4 is 0 Å². The van der Waals surface area contributed by atoms with E-state index in [0.29, 0.717) is 5.95 Å². The molecule has 4 heterocycles. The molecule has 248 valence electrons. The third-order valence-electron chi connectivity index (χ3n) is 11.8. The molecule has 0 aliphatic carbocycles. The number of rotatable bonds is 2. The van der Waals surface area contributed by atoms with Gasteiger partial charge in [0.05, 0.1) is 38.8 Å². The molecule has 0 saturated carbocycles. The minimum atomic E-state index is 0.666. The fraction of sp³-hybridized carbons (Fsp3) is 0. The van der Waals surface area contributed by atoms with Crippen molar-refractivity contribution in [2.75, 3.05) is 0 Å². The third-order valence-corrected chi connectivity index (χ3v) is 11.8. The van der Waals surface area contributed by atoms with E-state index in [0.717, 1.165) is 38.6 Å². The highest BCUT2D eigenvalue weighted by Gasteiger charge is 2.26. The quantitative estimate of drug-likeness (QED) is 0.170. The van der Waals surface area contributed by atoms with E-state index in [-0.39, 0.29) is 0 Å². The van der Waals surface area contributed by atoms with Gasteiger partial charge in [-0.05, 0) is 68.7 Å². The summed E-state index contributed by atoms with van der Waals surface area (Å²) in [6, 6.07) is 61.6. The maximum absolute atomic E-state index is 5.67. The number of benzene rings is 9. The molecule has 0 fully saturated rings. The van der Waals surface area contributed by atoms with Crippen molar-refractivity contribution in [2.24, 2.45) is 0 Å². The van der Waals surface area contributed by atoms with Crippen molar-refractivity contribution >= 4 is 103 Å². The topological polar surface area (TPSA) is 35.1 Å². The van der Waals surface area contributed by atoms with Gasteiger partial charge in [-0.25, -0.2) is 9.97 Å². The summed E-state index contributed by atoms with van der Waals surface area (Å²) in [6.07, 6.45) is 0. The van der Waals surface area contributed by atoms with Crippen LogP contribution in [0.2, 0.25) is 0 Å². The number of hydrogen-bond donors (Lipinski definition) is 0. The standard InChI is InChI=1S/C50H28N4/c1-2-14-32-27-33(22-21-29(32)11-1)47-45-35-16-6-4-12-30(35)23-25-40(45)51-50(52-47)54-43-26-24-31-13-3-5-15-34(31)44(43)39-28-38-36-17-7-9-19-41(36)53-42-20-10-8-18-37(42)46(48(38)53)49(39)54/h1-28H. The van der Waals surface area contributed by atoms with Gasteiger partial charge in [-0.2, -0.15) is 0 Å². The SMILES string of the molecule is c1ccc2cc(-c3nc(-n4c5ccc6ccccc6c5c5cc6c7ccccc7n7c8ccccc8c(c54)c67)nc4ccc5ccccc5c34)ccc2c1. The summed E-state index contributed by atoms with van der Waals surface area (Å²) in [6.45, 7) is 0. The predicted molar refractivity (Wildman–Crippen MR) is 226 cm³/mol. The van der Waals surface area contributed by atoms with Gasteiger partial charge in [-0.15, -0.1) is 0 Å². The first-order chi connectivity index (χ1) is 26.8. The third kappa shape index (κ3) is 3.57. The van der Waals surface area contributed by atoms with Crippen LogP contribution in [0.4, 0.5) is 0 Å². The Balaban J connectivity index is 1.27. The highest BCUT2D eigenvalue weighted by molar-refractivity contribution is 6.36. The van der Waals surface area contributed by atoms with Gasteiger partial charge in [0.15, 0.2) is 0 Å². The van der Waals surface area contributed by atoms with Crippen LogP contribution in [0.15, 0.2) is 170 Å². The molecule has 4 heteroatoms. The first kappa shape index (κ1) is 28.3. The maximum atomic E-state index is 5.67. The van der Waals surface area contributed by atoms with Gasteiger partial charge in [0.2, 0.25) is 5.95 Å². The number of para-hydroxylation sites is 2. The minimum absolute atomic E-state index is 0.666. The van der Waals surface area contributed by atoms with E-state index in [1.807, 2.05) is 0 Å². The van der Waals surface area contributed by atoms with Crippen molar-refractivity contribution in [1.29, 1.82) is 0 Å². The van der Waals surface area contributed by atoms with E-state index in [2.05, 4.69) is 179 Å². The van der Waals surface area contributed by atoms with Gasteiger partial charge in [0.25, 0.3) is 0 Å². The molecule has 0 amide bonds. The Labute approximate surface area is 308 Å². The van der Waals surface area contributed by atoms with Crippen LogP contribution in [0.25, 0.3) is 120 Å². The van der Waals surface area contributed by atoms with Crippen LogP contribution in [0, 0.1) is 0 Å². The largest absolute Gasteiger partial charge is 0.308 e. The van der Waals surface area contributed by atoms with Crippen molar-refractivity contribution in [2.45, 2.75) is 0 Å². The smallest absolute Gasteiger partial charge is 0.235 e. The summed E-state index contributed by atoms with van der Waals surface area (Å²) in [5.74, 6) is 0.666. The van der Waals surface area contributed by atoms with Crippen LogP contribution in [0.3, 0.4) is 0 Å². The van der Waals surface area contributed by atoms with Crippen LogP contribution >= 0.6 is 0 Å². The highest BCUT2D eigenvalue weighted by Crippen LogP contribution is 2.48. The number of hydrogen-bond acceptors (Lipinski definition) is 2. The lowest BCUT2D eigenvalue weighted by atomic mass is 9.98. The van der Waals surface area contributed by atoms with Crippen LogP contribution in [0.1, 0.15) is 0 Å². The second-order valence-electron chi connectivity index (χ2n) is 14.5. The summed E-state index contributed by atoms with van der Waals surface area (Å²) < 4.78 is 4.82. The number of aromatic nitrogens is 4. The lowest BCUT2D eigenvalue weighted by molar-refractivity contribution is 1.02. The van der Waals surface area contributed by atoms with E-state index in [1.54, 1.807) is 0 Å². The van der Waals surface area contributed by atoms with Gasteiger partial charge >= 0.3 is 0 Å². The fourth-order valence-electron chi connectivity index (χ4n) is 9.52. The predicted octanol–water partition coefficient (Wildman–Crippen LogP) is 13.0. The van der Waals surface area contributed by atoms with Crippen LogP contribution in [0.5, 0.6) is 0 Å². The molecule has 0 aliphatic rings. The Morgan fingerprint density at radius 3 is 1.76 bits per heavy atom. The second kappa shape index (κ2) is 10.2. The fourth-order valence-corrected chi connectivity index (χ4v) is 9.52. The molecule has 0 unspecified atom stereocenters. The molecule has 4 nitrogen and oxygen atoms in total. The van der Waals surface area contributed by atoms with Crippen molar-refractivity contribution in [3.63, 3.8) is 0 Å². The first-order valence-electron chi connectivity index (χ1n) is 18.5. The molecule has 0 spiro atoms. The van der Waals surface area contributed by atoms with Gasteiger partial charge in [-0.3, -0.25) is 4.57 Å². The maximum Gasteiger partial charge on any atom is 0.235 e. The summed E-state index contributed by atoms with van der Waals surface area (Å²) in [7, 11) is 0. The molecule has 13 aromatic rings. The van der Waals surface area contributed by atoms with E-state index < -0.39 is 0 Å². The first-order valence-corrected chi connectivity index (χ1v) is 18.5. The average Bonchev–Trinajstić information content (AvgIpc) is 3.88. The zero-order valence-electron chi connectivity index (χ0n) is 29.0. The number of fused-ring (bicyclic) bond motifs is 16. The van der Waals surface area contributed by atoms with E-state index in [9.17, 15) is 0 Å². The molecular formula is C50H28N4. The highest BCUT2D eigenvalue weighted by atomic mass is 15.2. The minimum Gasteiger partial charge on any atom is -0.308 e. The molecule has 0 radical (unpaired) electrons. The lowest BCUT2D eigenvalue weighted by Gasteiger charge is -2.14. The van der Waals surface area contributed by atoms with Gasteiger partial charge in [0.1, 0.15) is 0 Å². The van der Waals surface area contributed by atoms with Crippen molar-refractivity contribution in [3.8, 4) is 17.2 Å². The van der Waals surface area contributed by atoms with Gasteiger partial charge < -0.3 is 4.40 Å². The molecule has 0 N–H and O–H groups in total. The molecule has 13 rings (SSSR count). The molecule has 9 aromatic carbocycles. The average molecular weight is 685 g/mol. The monoisotopic (exact) mass is 684 g/mol. The Morgan fingerprint density at radius 1 is 0.352 bits per heavy atom. The Kier molecular flexibility index (Phi) is 5.34. The number of nitrogens with zero attached hydrogens (tertiary/aromatic N) is 4. The Hall–Kier alpha value is -7.30. The van der Waals surface area contributed by atoms with Crippen molar-refractivity contribution < 1.29 is 0 Å². The van der Waals surface area contributed by atoms with Crippen LogP contribution in [-0.4, -0.2) is 18.9 Å². The molecule has 0 atom stereocenters. The Bertz CT molecular complexity index is 3740.